The number of carbonyl (C=O) groups excluding carboxylic acids is 1. The van der Waals surface area contributed by atoms with Crippen LogP contribution in [0.3, 0.4) is 0 Å². The number of para-hydroxylation sites is 1. The van der Waals surface area contributed by atoms with E-state index in [-0.39, 0.29) is 18.4 Å². The number of halogens is 2. The van der Waals surface area contributed by atoms with Gasteiger partial charge in [0.2, 0.25) is 0 Å². The fourth-order valence-corrected chi connectivity index (χ4v) is 4.11. The first-order valence-electron chi connectivity index (χ1n) is 8.43. The maximum absolute atomic E-state index is 14.2. The number of fused-ring (bicyclic) bond motifs is 1. The van der Waals surface area contributed by atoms with E-state index in [0.29, 0.717) is 16.3 Å². The highest BCUT2D eigenvalue weighted by Crippen LogP contribution is 2.42. The van der Waals surface area contributed by atoms with E-state index in [1.54, 1.807) is 33.5 Å². The Morgan fingerprint density at radius 1 is 1.04 bits per heavy atom. The normalized spacial score (nSPS) is 13.7. The van der Waals surface area contributed by atoms with E-state index >= 15 is 0 Å². The molecule has 0 aromatic heterocycles. The second-order valence-electron chi connectivity index (χ2n) is 6.25. The van der Waals surface area contributed by atoms with Crippen molar-refractivity contribution in [2.24, 2.45) is 0 Å². The summed E-state index contributed by atoms with van der Waals surface area (Å²) in [7, 11) is 0. The van der Waals surface area contributed by atoms with Crippen molar-refractivity contribution in [3.63, 3.8) is 0 Å². The summed E-state index contributed by atoms with van der Waals surface area (Å²) in [6.07, 6.45) is 0. The van der Waals surface area contributed by atoms with Gasteiger partial charge >= 0.3 is 6.03 Å². The number of hydrogen-bond donors (Lipinski definition) is 0. The molecular weight excluding hydrogens is 383 g/mol. The number of urea groups is 1. The van der Waals surface area contributed by atoms with Crippen LogP contribution >= 0.6 is 23.5 Å². The molecule has 0 N–H and O–H groups in total. The molecule has 3 nitrogen and oxygen atoms in total. The predicted molar refractivity (Wildman–Crippen MR) is 109 cm³/mol. The summed E-state index contributed by atoms with van der Waals surface area (Å²) >= 11 is 7.60. The van der Waals surface area contributed by atoms with Crippen molar-refractivity contribution in [1.82, 2.24) is 0 Å². The highest BCUT2D eigenvalue weighted by atomic mass is 35.5. The molecule has 0 saturated heterocycles. The number of aryl methyl sites for hydroxylation is 1. The van der Waals surface area contributed by atoms with Crippen LogP contribution in [-0.4, -0.2) is 6.03 Å². The summed E-state index contributed by atoms with van der Waals surface area (Å²) in [4.78, 5) is 15.8. The average molecular weight is 399 g/mol. The van der Waals surface area contributed by atoms with Crippen LogP contribution in [0.2, 0.25) is 5.02 Å². The van der Waals surface area contributed by atoms with Gasteiger partial charge < -0.3 is 0 Å². The molecule has 6 heteroatoms. The lowest BCUT2D eigenvalue weighted by atomic mass is 10.2. The first-order valence-corrected chi connectivity index (χ1v) is 9.58. The second kappa shape index (κ2) is 7.25. The van der Waals surface area contributed by atoms with E-state index in [2.05, 4.69) is 0 Å². The molecule has 0 spiro atoms. The van der Waals surface area contributed by atoms with Gasteiger partial charge in [-0.05, 0) is 54.8 Å². The number of carbonyl (C=O) groups is 1. The van der Waals surface area contributed by atoms with E-state index in [1.165, 1.54) is 18.0 Å². The predicted octanol–water partition coefficient (Wildman–Crippen LogP) is 6.44. The van der Waals surface area contributed by atoms with Crippen molar-refractivity contribution in [2.75, 3.05) is 9.21 Å². The van der Waals surface area contributed by atoms with Crippen LogP contribution in [-0.2, 0) is 6.54 Å². The van der Waals surface area contributed by atoms with E-state index < -0.39 is 0 Å². The highest BCUT2D eigenvalue weighted by Gasteiger charge is 2.33. The summed E-state index contributed by atoms with van der Waals surface area (Å²) in [6, 6.07) is 19.4. The van der Waals surface area contributed by atoms with Crippen LogP contribution in [0.15, 0.2) is 71.6 Å². The number of benzene rings is 3. The minimum Gasteiger partial charge on any atom is -0.288 e. The maximum Gasteiger partial charge on any atom is 0.339 e. The van der Waals surface area contributed by atoms with E-state index in [9.17, 15) is 9.18 Å². The monoisotopic (exact) mass is 398 g/mol. The molecule has 0 bridgehead atoms. The molecule has 0 saturated carbocycles. The summed E-state index contributed by atoms with van der Waals surface area (Å²) < 4.78 is 15.8. The summed E-state index contributed by atoms with van der Waals surface area (Å²) in [5.41, 5.74) is 2.87. The standard InChI is InChI=1S/C21H16ClFN2OS/c1-14-10-11-16(12-17(14)22)25-21(26)24(13-15-6-2-3-7-18(15)23)19-8-4-5-9-20(19)27-25/h2-12H,13H2,1H3. The molecule has 1 aliphatic rings. The Morgan fingerprint density at radius 2 is 1.78 bits per heavy atom. The molecule has 0 unspecified atom stereocenters. The van der Waals surface area contributed by atoms with E-state index in [1.807, 2.05) is 43.3 Å². The zero-order chi connectivity index (χ0) is 19.0. The Balaban J connectivity index is 1.76. The lowest BCUT2D eigenvalue weighted by Gasteiger charge is -2.36. The maximum atomic E-state index is 14.2. The average Bonchev–Trinajstić information content (AvgIpc) is 2.67. The number of amides is 2. The largest absolute Gasteiger partial charge is 0.339 e. The number of anilines is 2. The van der Waals surface area contributed by atoms with Crippen molar-refractivity contribution in [3.8, 4) is 0 Å². The van der Waals surface area contributed by atoms with Crippen molar-refractivity contribution in [2.45, 2.75) is 18.4 Å². The number of nitrogens with zero attached hydrogens (tertiary/aromatic N) is 2. The zero-order valence-electron chi connectivity index (χ0n) is 14.5. The minimum absolute atomic E-state index is 0.152. The van der Waals surface area contributed by atoms with Crippen LogP contribution < -0.4 is 9.21 Å². The molecule has 3 aromatic rings. The lowest BCUT2D eigenvalue weighted by Crippen LogP contribution is -2.43. The summed E-state index contributed by atoms with van der Waals surface area (Å²) in [6.45, 7) is 2.07. The summed E-state index contributed by atoms with van der Waals surface area (Å²) in [5, 5.41) is 0.598. The fraction of sp³-hybridized carbons (Fsp3) is 0.0952. The molecule has 0 fully saturated rings. The topological polar surface area (TPSA) is 23.6 Å². The second-order valence-corrected chi connectivity index (χ2v) is 7.64. The number of rotatable bonds is 3. The van der Waals surface area contributed by atoms with Gasteiger partial charge in [-0.1, -0.05) is 48.0 Å². The van der Waals surface area contributed by atoms with Crippen LogP contribution in [0.25, 0.3) is 0 Å². The van der Waals surface area contributed by atoms with Gasteiger partial charge in [-0.3, -0.25) is 4.90 Å². The van der Waals surface area contributed by atoms with E-state index in [4.69, 9.17) is 11.6 Å². The first kappa shape index (κ1) is 17.9. The molecule has 0 aliphatic carbocycles. The van der Waals surface area contributed by atoms with Crippen LogP contribution in [0.4, 0.5) is 20.6 Å². The van der Waals surface area contributed by atoms with Crippen molar-refractivity contribution in [3.05, 3.63) is 88.7 Å². The third kappa shape index (κ3) is 3.40. The molecule has 3 aromatic carbocycles. The quantitative estimate of drug-likeness (QED) is 0.474. The van der Waals surface area contributed by atoms with Crippen molar-refractivity contribution >= 4 is 41.0 Å². The molecule has 2 amide bonds. The molecule has 136 valence electrons. The molecule has 1 aliphatic heterocycles. The molecule has 4 rings (SSSR count). The molecule has 0 atom stereocenters. The van der Waals surface area contributed by atoms with Gasteiger partial charge in [-0.2, -0.15) is 0 Å². The van der Waals surface area contributed by atoms with Crippen LogP contribution in [0.1, 0.15) is 11.1 Å². The number of hydrogen-bond acceptors (Lipinski definition) is 2. The lowest BCUT2D eigenvalue weighted by molar-refractivity contribution is 0.254. The van der Waals surface area contributed by atoms with Gasteiger partial charge in [-0.25, -0.2) is 13.5 Å². The van der Waals surface area contributed by atoms with Gasteiger partial charge in [0.25, 0.3) is 0 Å². The summed E-state index contributed by atoms with van der Waals surface area (Å²) in [5.74, 6) is -0.328. The first-order chi connectivity index (χ1) is 13.0. The van der Waals surface area contributed by atoms with Gasteiger partial charge in [0, 0.05) is 10.6 Å². The van der Waals surface area contributed by atoms with Gasteiger partial charge in [-0.15, -0.1) is 0 Å². The Labute approximate surface area is 166 Å². The molecule has 27 heavy (non-hydrogen) atoms. The SMILES string of the molecule is Cc1ccc(N2Sc3ccccc3N(Cc3ccccc3F)C2=O)cc1Cl. The Hall–Kier alpha value is -2.50. The van der Waals surface area contributed by atoms with Crippen molar-refractivity contribution in [1.29, 1.82) is 0 Å². The van der Waals surface area contributed by atoms with Gasteiger partial charge in [0.1, 0.15) is 5.82 Å². The third-order valence-corrected chi connectivity index (χ3v) is 5.93. The van der Waals surface area contributed by atoms with Crippen LogP contribution in [0, 0.1) is 12.7 Å². The van der Waals surface area contributed by atoms with Gasteiger partial charge in [0.05, 0.1) is 22.8 Å². The zero-order valence-corrected chi connectivity index (χ0v) is 16.1. The van der Waals surface area contributed by atoms with Gasteiger partial charge in [0.15, 0.2) is 0 Å². The highest BCUT2D eigenvalue weighted by molar-refractivity contribution is 8.01. The third-order valence-electron chi connectivity index (χ3n) is 4.43. The Kier molecular flexibility index (Phi) is 4.81. The molecular formula is C21H16ClFN2OS. The fourth-order valence-electron chi connectivity index (χ4n) is 2.93. The van der Waals surface area contributed by atoms with Crippen molar-refractivity contribution < 1.29 is 9.18 Å². The van der Waals surface area contributed by atoms with E-state index in [0.717, 1.165) is 16.1 Å². The molecule has 1 heterocycles. The van der Waals surface area contributed by atoms with Crippen LogP contribution in [0.5, 0.6) is 0 Å². The minimum atomic E-state index is -0.328. The Bertz CT molecular complexity index is 1030. The molecule has 0 radical (unpaired) electrons. The smallest absolute Gasteiger partial charge is 0.288 e. The Morgan fingerprint density at radius 3 is 2.56 bits per heavy atom.